The summed E-state index contributed by atoms with van der Waals surface area (Å²) >= 11 is 6.09. The van der Waals surface area contributed by atoms with Crippen LogP contribution in [0, 0.1) is 5.41 Å². The van der Waals surface area contributed by atoms with E-state index in [1.807, 2.05) is 26.8 Å². The molecule has 1 aliphatic carbocycles. The van der Waals surface area contributed by atoms with Crippen LogP contribution in [-0.2, 0) is 4.74 Å². The molecule has 2 unspecified atom stereocenters. The zero-order chi connectivity index (χ0) is 16.0. The fourth-order valence-corrected chi connectivity index (χ4v) is 2.77. The second-order valence-electron chi connectivity index (χ2n) is 7.18. The van der Waals surface area contributed by atoms with E-state index in [0.29, 0.717) is 10.7 Å². The third-order valence-electron chi connectivity index (χ3n) is 3.89. The zero-order valence-electron chi connectivity index (χ0n) is 13.2. The number of hydrogen-bond acceptors (Lipinski definition) is 3. The average Bonchev–Trinajstić information content (AvgIpc) is 2.78. The molecule has 1 amide bonds. The Labute approximate surface area is 131 Å². The summed E-state index contributed by atoms with van der Waals surface area (Å²) in [6, 6.07) is 5.48. The number of nitrogens with two attached hydrogens (primary N) is 1. The molecule has 0 aromatic heterocycles. The molecule has 1 saturated carbocycles. The molecule has 1 aromatic rings. The van der Waals surface area contributed by atoms with Gasteiger partial charge in [-0.1, -0.05) is 25.4 Å². The first-order valence-electron chi connectivity index (χ1n) is 7.07. The summed E-state index contributed by atoms with van der Waals surface area (Å²) in [4.78, 5) is 12.0. The van der Waals surface area contributed by atoms with Crippen LogP contribution in [0.1, 0.15) is 46.1 Å². The van der Waals surface area contributed by atoms with Crippen LogP contribution in [0.15, 0.2) is 18.2 Å². The molecule has 1 aliphatic rings. The van der Waals surface area contributed by atoms with Crippen LogP contribution in [0.25, 0.3) is 0 Å². The van der Waals surface area contributed by atoms with Gasteiger partial charge in [-0.2, -0.15) is 0 Å². The topological polar surface area (TPSA) is 64.3 Å². The maximum absolute atomic E-state index is 12.0. The molecule has 2 rings (SSSR count). The molecule has 1 fully saturated rings. The van der Waals surface area contributed by atoms with Crippen LogP contribution in [-0.4, -0.2) is 17.7 Å². The lowest BCUT2D eigenvalue weighted by Gasteiger charge is -2.20. The first-order valence-corrected chi connectivity index (χ1v) is 7.45. The molecule has 2 atom stereocenters. The first kappa shape index (κ1) is 16.1. The molecule has 0 spiro atoms. The predicted octanol–water partition coefficient (Wildman–Crippen LogP) is 4.14. The van der Waals surface area contributed by atoms with Gasteiger partial charge in [0.1, 0.15) is 5.60 Å². The molecular formula is C16H23ClN2O2. The smallest absolute Gasteiger partial charge is 0.412 e. The van der Waals surface area contributed by atoms with E-state index in [9.17, 15) is 4.79 Å². The number of hydrogen-bond donors (Lipinski definition) is 2. The Morgan fingerprint density at radius 2 is 1.95 bits per heavy atom. The van der Waals surface area contributed by atoms with E-state index in [2.05, 4.69) is 19.2 Å². The maximum Gasteiger partial charge on any atom is 0.412 e. The Hall–Kier alpha value is -1.26. The van der Waals surface area contributed by atoms with Crippen molar-refractivity contribution in [2.45, 2.75) is 52.2 Å². The van der Waals surface area contributed by atoms with Crippen molar-refractivity contribution in [3.8, 4) is 0 Å². The van der Waals surface area contributed by atoms with Crippen molar-refractivity contribution in [2.75, 3.05) is 5.32 Å². The molecule has 0 saturated heterocycles. The van der Waals surface area contributed by atoms with Crippen molar-refractivity contribution in [3.05, 3.63) is 28.8 Å². The van der Waals surface area contributed by atoms with Crippen molar-refractivity contribution in [3.63, 3.8) is 0 Å². The highest BCUT2D eigenvalue weighted by atomic mass is 35.5. The summed E-state index contributed by atoms with van der Waals surface area (Å²) in [5.74, 6) is 0.182. The number of benzene rings is 1. The van der Waals surface area contributed by atoms with Gasteiger partial charge in [-0.3, -0.25) is 5.32 Å². The third-order valence-corrected chi connectivity index (χ3v) is 4.13. The quantitative estimate of drug-likeness (QED) is 0.863. The van der Waals surface area contributed by atoms with Gasteiger partial charge in [0, 0.05) is 22.7 Å². The summed E-state index contributed by atoms with van der Waals surface area (Å²) in [5.41, 5.74) is 7.29. The van der Waals surface area contributed by atoms with Crippen LogP contribution < -0.4 is 11.1 Å². The molecule has 1 aromatic carbocycles. The van der Waals surface area contributed by atoms with Gasteiger partial charge in [-0.25, -0.2) is 4.79 Å². The maximum atomic E-state index is 12.0. The van der Waals surface area contributed by atoms with Gasteiger partial charge in [0.15, 0.2) is 0 Å². The van der Waals surface area contributed by atoms with Crippen LogP contribution in [0.3, 0.4) is 0 Å². The van der Waals surface area contributed by atoms with Gasteiger partial charge in [0.2, 0.25) is 0 Å². The highest BCUT2D eigenvalue weighted by molar-refractivity contribution is 6.30. The molecule has 0 bridgehead atoms. The Morgan fingerprint density at radius 3 is 2.43 bits per heavy atom. The lowest BCUT2D eigenvalue weighted by Crippen LogP contribution is -2.27. The van der Waals surface area contributed by atoms with Gasteiger partial charge >= 0.3 is 6.09 Å². The summed E-state index contributed by atoms with van der Waals surface area (Å²) in [6.45, 7) is 9.71. The Bertz CT molecular complexity index is 564. The summed E-state index contributed by atoms with van der Waals surface area (Å²) in [6.07, 6.45) is -0.474. The monoisotopic (exact) mass is 310 g/mol. The largest absolute Gasteiger partial charge is 0.444 e. The lowest BCUT2D eigenvalue weighted by atomic mass is 10.0. The minimum absolute atomic E-state index is 0.00897. The fourth-order valence-electron chi connectivity index (χ4n) is 2.59. The van der Waals surface area contributed by atoms with Crippen molar-refractivity contribution < 1.29 is 9.53 Å². The van der Waals surface area contributed by atoms with Crippen molar-refractivity contribution in [1.82, 2.24) is 0 Å². The Morgan fingerprint density at radius 1 is 1.38 bits per heavy atom. The van der Waals surface area contributed by atoms with Crippen LogP contribution in [0.5, 0.6) is 0 Å². The summed E-state index contributed by atoms with van der Waals surface area (Å²) in [5, 5.41) is 3.43. The summed E-state index contributed by atoms with van der Waals surface area (Å²) in [7, 11) is 0. The highest BCUT2D eigenvalue weighted by Crippen LogP contribution is 2.59. The van der Waals surface area contributed by atoms with Crippen LogP contribution in [0.2, 0.25) is 5.02 Å². The van der Waals surface area contributed by atoms with Crippen molar-refractivity contribution in [1.29, 1.82) is 0 Å². The van der Waals surface area contributed by atoms with Gasteiger partial charge < -0.3 is 10.5 Å². The number of rotatable bonds is 2. The van der Waals surface area contributed by atoms with Gasteiger partial charge in [-0.05, 0) is 49.9 Å². The van der Waals surface area contributed by atoms with Gasteiger partial charge in [-0.15, -0.1) is 0 Å². The normalized spacial score (nSPS) is 23.6. The number of anilines is 1. The number of carbonyl (C=O) groups excluding carboxylic acids is 1. The van der Waals surface area contributed by atoms with Gasteiger partial charge in [0.05, 0.1) is 0 Å². The number of carbonyl (C=O) groups is 1. The molecule has 5 heteroatoms. The standard InChI is InChI=1S/C16H23ClN2O2/c1-15(2,3)21-14(20)19-11-7-6-9(17)8-10(11)12-13(18)16(12,4)5/h6-8,12-13H,18H2,1-5H3,(H,19,20). The number of ether oxygens (including phenoxy) is 1. The lowest BCUT2D eigenvalue weighted by molar-refractivity contribution is 0.0635. The number of nitrogens with one attached hydrogen (secondary N) is 1. The van der Waals surface area contributed by atoms with Crippen molar-refractivity contribution in [2.24, 2.45) is 11.1 Å². The van der Waals surface area contributed by atoms with E-state index in [4.69, 9.17) is 22.1 Å². The molecule has 0 heterocycles. The minimum atomic E-state index is -0.536. The molecule has 3 N–H and O–H groups in total. The van der Waals surface area contributed by atoms with E-state index in [0.717, 1.165) is 5.56 Å². The van der Waals surface area contributed by atoms with Crippen molar-refractivity contribution >= 4 is 23.4 Å². The summed E-state index contributed by atoms with van der Waals surface area (Å²) < 4.78 is 5.29. The molecule has 4 nitrogen and oxygen atoms in total. The van der Waals surface area contributed by atoms with Crippen LogP contribution in [0.4, 0.5) is 10.5 Å². The molecule has 21 heavy (non-hydrogen) atoms. The van der Waals surface area contributed by atoms with E-state index in [-0.39, 0.29) is 17.4 Å². The average molecular weight is 311 g/mol. The second kappa shape index (κ2) is 5.18. The molecule has 116 valence electrons. The molecular weight excluding hydrogens is 288 g/mol. The molecule has 0 aliphatic heterocycles. The second-order valence-corrected chi connectivity index (χ2v) is 7.62. The van der Waals surface area contributed by atoms with E-state index in [1.165, 1.54) is 0 Å². The number of halogens is 1. The fraction of sp³-hybridized carbons (Fsp3) is 0.562. The Kier molecular flexibility index (Phi) is 3.98. The van der Waals surface area contributed by atoms with E-state index < -0.39 is 11.7 Å². The molecule has 0 radical (unpaired) electrons. The Balaban J connectivity index is 2.23. The van der Waals surface area contributed by atoms with E-state index >= 15 is 0 Å². The van der Waals surface area contributed by atoms with E-state index in [1.54, 1.807) is 12.1 Å². The number of amides is 1. The SMILES string of the molecule is CC(C)(C)OC(=O)Nc1ccc(Cl)cc1C1C(N)C1(C)C. The van der Waals surface area contributed by atoms with Gasteiger partial charge in [0.25, 0.3) is 0 Å². The third kappa shape index (κ3) is 3.50. The predicted molar refractivity (Wildman–Crippen MR) is 85.8 cm³/mol. The van der Waals surface area contributed by atoms with Crippen LogP contribution >= 0.6 is 11.6 Å². The minimum Gasteiger partial charge on any atom is -0.444 e. The highest BCUT2D eigenvalue weighted by Gasteiger charge is 2.56. The first-order chi connectivity index (χ1) is 9.52. The zero-order valence-corrected chi connectivity index (χ0v) is 13.9.